The molecule has 0 aromatic heterocycles. The highest BCUT2D eigenvalue weighted by atomic mass is 32.2. The molecule has 1 amide bonds. The fourth-order valence-corrected chi connectivity index (χ4v) is 4.38. The Morgan fingerprint density at radius 2 is 1.67 bits per heavy atom. The van der Waals surface area contributed by atoms with Crippen LogP contribution in [0.3, 0.4) is 0 Å². The maximum absolute atomic E-state index is 12.2. The van der Waals surface area contributed by atoms with E-state index in [0.717, 1.165) is 12.8 Å². The number of carbonyl (C=O) groups is 1. The number of ether oxygens (including phenoxy) is 1. The first-order valence-corrected chi connectivity index (χ1v) is 9.06. The molecule has 0 atom stereocenters. The molecule has 21 heavy (non-hydrogen) atoms. The van der Waals surface area contributed by atoms with Crippen molar-refractivity contribution in [3.05, 3.63) is 0 Å². The third-order valence-corrected chi connectivity index (χ3v) is 6.39. The number of nitrogens with zero attached hydrogens (tertiary/aromatic N) is 2. The molecule has 122 valence electrons. The molecule has 1 aliphatic heterocycles. The van der Waals surface area contributed by atoms with Crippen LogP contribution >= 0.6 is 0 Å². The molecule has 2 aliphatic rings. The van der Waals surface area contributed by atoms with E-state index in [2.05, 4.69) is 0 Å². The normalized spacial score (nSPS) is 21.7. The molecule has 0 spiro atoms. The van der Waals surface area contributed by atoms with Crippen LogP contribution in [0, 0.1) is 0 Å². The van der Waals surface area contributed by atoms with Gasteiger partial charge in [0.1, 0.15) is 5.60 Å². The molecule has 0 unspecified atom stereocenters. The van der Waals surface area contributed by atoms with Gasteiger partial charge in [0, 0.05) is 26.2 Å². The van der Waals surface area contributed by atoms with E-state index in [1.165, 1.54) is 4.31 Å². The summed E-state index contributed by atoms with van der Waals surface area (Å²) >= 11 is 0. The van der Waals surface area contributed by atoms with Crippen molar-refractivity contribution in [1.29, 1.82) is 0 Å². The molecule has 1 saturated heterocycles. The Balaban J connectivity index is 1.87. The van der Waals surface area contributed by atoms with E-state index in [-0.39, 0.29) is 17.4 Å². The van der Waals surface area contributed by atoms with Crippen molar-refractivity contribution in [3.8, 4) is 0 Å². The fourth-order valence-electron chi connectivity index (χ4n) is 2.55. The summed E-state index contributed by atoms with van der Waals surface area (Å²) in [4.78, 5) is 13.6. The lowest BCUT2D eigenvalue weighted by molar-refractivity contribution is 0.0183. The number of carbonyl (C=O) groups excluding carboxylic acids is 1. The van der Waals surface area contributed by atoms with Crippen LogP contribution in [-0.2, 0) is 14.8 Å². The van der Waals surface area contributed by atoms with E-state index in [1.54, 1.807) is 11.9 Å². The summed E-state index contributed by atoms with van der Waals surface area (Å²) in [7, 11) is -1.47. The van der Waals surface area contributed by atoms with E-state index in [4.69, 9.17) is 4.74 Å². The zero-order valence-electron chi connectivity index (χ0n) is 13.3. The summed E-state index contributed by atoms with van der Waals surface area (Å²) in [5.74, 6) is 0. The SMILES string of the molecule is CN(C1CCN(C(=O)OC(C)(C)C)CC1)S(=O)(=O)C1CC1. The number of hydrogen-bond donors (Lipinski definition) is 0. The molecule has 0 bridgehead atoms. The number of rotatable bonds is 3. The molecule has 1 saturated carbocycles. The van der Waals surface area contributed by atoms with Crippen LogP contribution in [0.2, 0.25) is 0 Å². The van der Waals surface area contributed by atoms with E-state index in [0.29, 0.717) is 25.9 Å². The van der Waals surface area contributed by atoms with Gasteiger partial charge in [-0.1, -0.05) is 0 Å². The highest BCUT2D eigenvalue weighted by Crippen LogP contribution is 2.32. The van der Waals surface area contributed by atoms with Gasteiger partial charge in [-0.15, -0.1) is 0 Å². The van der Waals surface area contributed by atoms with Crippen molar-refractivity contribution in [2.45, 2.75) is 63.3 Å². The number of likely N-dealkylation sites (tertiary alicyclic amines) is 1. The Labute approximate surface area is 127 Å². The van der Waals surface area contributed by atoms with Crippen LogP contribution in [0.15, 0.2) is 0 Å². The second-order valence-electron chi connectivity index (χ2n) is 6.96. The minimum Gasteiger partial charge on any atom is -0.444 e. The van der Waals surface area contributed by atoms with E-state index in [9.17, 15) is 13.2 Å². The Morgan fingerprint density at radius 1 is 1.14 bits per heavy atom. The van der Waals surface area contributed by atoms with Crippen LogP contribution in [0.5, 0.6) is 0 Å². The molecule has 0 aromatic carbocycles. The lowest BCUT2D eigenvalue weighted by Gasteiger charge is -2.36. The third-order valence-electron chi connectivity index (χ3n) is 3.98. The second kappa shape index (κ2) is 5.76. The zero-order chi connectivity index (χ0) is 15.8. The fraction of sp³-hybridized carbons (Fsp3) is 0.929. The van der Waals surface area contributed by atoms with Crippen molar-refractivity contribution in [2.75, 3.05) is 20.1 Å². The van der Waals surface area contributed by atoms with Crippen LogP contribution in [0.25, 0.3) is 0 Å². The Morgan fingerprint density at radius 3 is 2.10 bits per heavy atom. The molecule has 0 radical (unpaired) electrons. The molecule has 1 heterocycles. The lowest BCUT2D eigenvalue weighted by atomic mass is 10.1. The molecule has 6 nitrogen and oxygen atoms in total. The Kier molecular flexibility index (Phi) is 4.54. The summed E-state index contributed by atoms with van der Waals surface area (Å²) in [6, 6.07) is -0.00529. The number of hydrogen-bond acceptors (Lipinski definition) is 4. The predicted octanol–water partition coefficient (Wildman–Crippen LogP) is 1.81. The first-order valence-electron chi connectivity index (χ1n) is 7.56. The van der Waals surface area contributed by atoms with E-state index in [1.807, 2.05) is 20.8 Å². The molecule has 0 aromatic rings. The third kappa shape index (κ3) is 4.10. The van der Waals surface area contributed by atoms with Gasteiger partial charge in [-0.05, 0) is 46.5 Å². The average Bonchev–Trinajstić information content (AvgIpc) is 3.20. The predicted molar refractivity (Wildman–Crippen MR) is 80.5 cm³/mol. The number of amides is 1. The standard InChI is InChI=1S/C14H26N2O4S/c1-14(2,3)20-13(17)16-9-7-11(8-10-16)15(4)21(18,19)12-5-6-12/h11-12H,5-10H2,1-4H3. The molecule has 2 rings (SSSR count). The van der Waals surface area contributed by atoms with Gasteiger partial charge < -0.3 is 9.64 Å². The molecular weight excluding hydrogens is 292 g/mol. The molecular formula is C14H26N2O4S. The van der Waals surface area contributed by atoms with Crippen LogP contribution in [-0.4, -0.2) is 60.7 Å². The smallest absolute Gasteiger partial charge is 0.410 e. The Hall–Kier alpha value is -0.820. The van der Waals surface area contributed by atoms with Gasteiger partial charge in [0.15, 0.2) is 0 Å². The minimum atomic E-state index is -3.13. The second-order valence-corrected chi connectivity index (χ2v) is 9.23. The van der Waals surface area contributed by atoms with Crippen molar-refractivity contribution >= 4 is 16.1 Å². The van der Waals surface area contributed by atoms with Crippen LogP contribution in [0.1, 0.15) is 46.5 Å². The number of sulfonamides is 1. The molecule has 0 N–H and O–H groups in total. The molecule has 2 fully saturated rings. The Bertz CT molecular complexity index is 486. The van der Waals surface area contributed by atoms with Crippen molar-refractivity contribution in [2.24, 2.45) is 0 Å². The van der Waals surface area contributed by atoms with Gasteiger partial charge in [-0.25, -0.2) is 17.5 Å². The topological polar surface area (TPSA) is 66.9 Å². The zero-order valence-corrected chi connectivity index (χ0v) is 14.1. The first kappa shape index (κ1) is 16.5. The largest absolute Gasteiger partial charge is 0.444 e. The van der Waals surface area contributed by atoms with Gasteiger partial charge >= 0.3 is 6.09 Å². The van der Waals surface area contributed by atoms with Crippen molar-refractivity contribution < 1.29 is 17.9 Å². The summed E-state index contributed by atoms with van der Waals surface area (Å²) in [6.45, 7) is 6.61. The average molecular weight is 318 g/mol. The van der Waals surface area contributed by atoms with Crippen molar-refractivity contribution in [3.63, 3.8) is 0 Å². The van der Waals surface area contributed by atoms with Crippen molar-refractivity contribution in [1.82, 2.24) is 9.21 Å². The van der Waals surface area contributed by atoms with Gasteiger partial charge in [-0.2, -0.15) is 0 Å². The monoisotopic (exact) mass is 318 g/mol. The lowest BCUT2D eigenvalue weighted by Crippen LogP contribution is -2.48. The first-order chi connectivity index (χ1) is 9.61. The minimum absolute atomic E-state index is 0.00529. The summed E-state index contributed by atoms with van der Waals surface area (Å²) in [5.41, 5.74) is -0.500. The maximum Gasteiger partial charge on any atom is 0.410 e. The number of piperidine rings is 1. The molecule has 7 heteroatoms. The van der Waals surface area contributed by atoms with Gasteiger partial charge in [-0.3, -0.25) is 0 Å². The van der Waals surface area contributed by atoms with E-state index >= 15 is 0 Å². The van der Waals surface area contributed by atoms with Gasteiger partial charge in [0.25, 0.3) is 0 Å². The summed E-state index contributed by atoms with van der Waals surface area (Å²) in [5, 5.41) is -0.175. The van der Waals surface area contributed by atoms with Crippen LogP contribution in [0.4, 0.5) is 4.79 Å². The summed E-state index contributed by atoms with van der Waals surface area (Å²) < 4.78 is 31.3. The molecule has 1 aliphatic carbocycles. The van der Waals surface area contributed by atoms with Gasteiger partial charge in [0.05, 0.1) is 5.25 Å². The van der Waals surface area contributed by atoms with Gasteiger partial charge in [0.2, 0.25) is 10.0 Å². The highest BCUT2D eigenvalue weighted by molar-refractivity contribution is 7.90. The maximum atomic E-state index is 12.2. The quantitative estimate of drug-likeness (QED) is 0.796. The summed E-state index contributed by atoms with van der Waals surface area (Å²) in [6.07, 6.45) is 2.59. The van der Waals surface area contributed by atoms with Crippen LogP contribution < -0.4 is 0 Å². The highest BCUT2D eigenvalue weighted by Gasteiger charge is 2.41. The van der Waals surface area contributed by atoms with E-state index < -0.39 is 15.6 Å².